The molecule has 1 N–H and O–H groups in total. The summed E-state index contributed by atoms with van der Waals surface area (Å²) in [5.41, 5.74) is 3.49. The molecule has 0 atom stereocenters. The Kier molecular flexibility index (Phi) is 26.7. The molecule has 4 rings (SSSR count). The van der Waals surface area contributed by atoms with E-state index in [2.05, 4.69) is 11.8 Å². The van der Waals surface area contributed by atoms with Crippen molar-refractivity contribution in [3.05, 3.63) is 119 Å². The van der Waals surface area contributed by atoms with Crippen LogP contribution in [0.4, 0.5) is 8.78 Å². The van der Waals surface area contributed by atoms with Crippen LogP contribution in [0, 0.1) is 38.5 Å². The maximum absolute atomic E-state index is 12.0. The number of hydrogen-bond acceptors (Lipinski definition) is 11. The van der Waals surface area contributed by atoms with Crippen LogP contribution in [0.25, 0.3) is 0 Å². The molecule has 0 heterocycles. The molecule has 0 fully saturated rings. The Morgan fingerprint density at radius 3 is 1.31 bits per heavy atom. The number of hydrogen-bond donors (Lipinski definition) is 1. The first kappa shape index (κ1) is 51.2. The van der Waals surface area contributed by atoms with E-state index in [0.29, 0.717) is 19.8 Å². The zero-order valence-electron chi connectivity index (χ0n) is 33.0. The van der Waals surface area contributed by atoms with Gasteiger partial charge in [0.15, 0.2) is 0 Å². The molecule has 0 radical (unpaired) electrons. The molecule has 0 aliphatic carbocycles. The van der Waals surface area contributed by atoms with E-state index in [9.17, 15) is 25.6 Å². The number of phenolic OH excluding ortho intramolecular Hbond substituents is 1. The predicted molar refractivity (Wildman–Crippen MR) is 219 cm³/mol. The SMILES string of the molecule is C#Cc1ccc(O)cc1.C#Cc1ccc(OCCOCCF)cc1.CCCOCCF.Cc1ccc(S(=O)(=O)OCCOCCOS(=O)(=O)c2ccc(C)cc2)cc1. The minimum atomic E-state index is -3.84. The second kappa shape index (κ2) is 30.3. The average Bonchev–Trinajstić information content (AvgIpc) is 3.22. The quantitative estimate of drug-likeness (QED) is 0.0547. The second-order valence-corrected chi connectivity index (χ2v) is 14.8. The van der Waals surface area contributed by atoms with E-state index in [1.54, 1.807) is 72.8 Å². The topological polar surface area (TPSA) is 144 Å². The van der Waals surface area contributed by atoms with Gasteiger partial charge in [0.2, 0.25) is 0 Å². The Hall–Kier alpha value is -4.84. The van der Waals surface area contributed by atoms with Gasteiger partial charge in [-0.3, -0.25) is 8.37 Å². The summed E-state index contributed by atoms with van der Waals surface area (Å²) in [6.45, 7) is 6.36. The summed E-state index contributed by atoms with van der Waals surface area (Å²) >= 11 is 0. The molecule has 15 heteroatoms. The highest BCUT2D eigenvalue weighted by atomic mass is 32.2. The van der Waals surface area contributed by atoms with Crippen molar-refractivity contribution >= 4 is 20.2 Å². The normalized spacial score (nSPS) is 10.6. The van der Waals surface area contributed by atoms with Gasteiger partial charge in [-0.2, -0.15) is 16.8 Å². The lowest BCUT2D eigenvalue weighted by molar-refractivity contribution is 0.0794. The van der Waals surface area contributed by atoms with Crippen LogP contribution in [0.1, 0.15) is 35.6 Å². The van der Waals surface area contributed by atoms with Gasteiger partial charge >= 0.3 is 0 Å². The Balaban J connectivity index is 0.000000450. The van der Waals surface area contributed by atoms with Crippen LogP contribution in [0.2, 0.25) is 0 Å². The molecule has 4 aromatic carbocycles. The number of rotatable bonds is 20. The highest BCUT2D eigenvalue weighted by molar-refractivity contribution is 7.87. The highest BCUT2D eigenvalue weighted by Gasteiger charge is 2.16. The van der Waals surface area contributed by atoms with Crippen LogP contribution in [-0.2, 0) is 42.8 Å². The van der Waals surface area contributed by atoms with E-state index in [1.807, 2.05) is 20.8 Å². The number of aryl methyl sites for hydroxylation is 2. The summed E-state index contributed by atoms with van der Waals surface area (Å²) in [6, 6.07) is 26.3. The number of aromatic hydroxyl groups is 1. The monoisotopic (exact) mass is 846 g/mol. The fourth-order valence-corrected chi connectivity index (χ4v) is 5.72. The zero-order valence-corrected chi connectivity index (χ0v) is 34.6. The first-order valence-corrected chi connectivity index (χ1v) is 20.9. The maximum Gasteiger partial charge on any atom is 0.297 e. The molecule has 0 saturated heterocycles. The maximum atomic E-state index is 12.0. The van der Waals surface area contributed by atoms with Crippen LogP contribution in [-0.4, -0.2) is 94.8 Å². The molecule has 4 aromatic rings. The molecular weight excluding hydrogens is 795 g/mol. The molecule has 0 bridgehead atoms. The smallest absolute Gasteiger partial charge is 0.297 e. The van der Waals surface area contributed by atoms with Crippen molar-refractivity contribution in [2.45, 2.75) is 37.0 Å². The second-order valence-electron chi connectivity index (χ2n) is 11.6. The standard InChI is InChI=1S/C18H22O7S2.C12H13FO2.C8H6O.C5H11FO/c1-15-3-7-17(8-4-15)26(19,20)24-13-11-23-12-14-25-27(21,22)18-9-5-16(2)6-10-18;1-2-11-3-5-12(6-4-11)15-10-9-14-8-7-13;1-2-7-3-5-8(9)6-4-7;1-2-4-7-5-3-6/h3-10H,11-14H2,1-2H3;1,3-6H,7-10H2;1,3-6,9H;2-5H2,1H3. The number of benzene rings is 4. The number of terminal acetylenes is 2. The van der Waals surface area contributed by atoms with Gasteiger partial charge in [0.25, 0.3) is 20.2 Å². The van der Waals surface area contributed by atoms with Gasteiger partial charge in [0.1, 0.15) is 31.5 Å². The number of halogens is 2. The van der Waals surface area contributed by atoms with Gasteiger partial charge in [-0.15, -0.1) is 12.8 Å². The number of phenols is 1. The molecule has 11 nitrogen and oxygen atoms in total. The number of ether oxygens (including phenoxy) is 4. The van der Waals surface area contributed by atoms with E-state index >= 15 is 0 Å². The van der Waals surface area contributed by atoms with Crippen LogP contribution < -0.4 is 4.74 Å². The minimum Gasteiger partial charge on any atom is -0.508 e. The summed E-state index contributed by atoms with van der Waals surface area (Å²) in [5, 5.41) is 8.78. The summed E-state index contributed by atoms with van der Waals surface area (Å²) in [4.78, 5) is 0.140. The van der Waals surface area contributed by atoms with E-state index in [0.717, 1.165) is 34.4 Å². The lowest BCUT2D eigenvalue weighted by Crippen LogP contribution is -2.15. The number of alkyl halides is 2. The summed E-state index contributed by atoms with van der Waals surface area (Å²) < 4.78 is 101. The Bertz CT molecular complexity index is 1890. The third-order valence-corrected chi connectivity index (χ3v) is 9.55. The van der Waals surface area contributed by atoms with Gasteiger partial charge in [0, 0.05) is 17.7 Å². The Morgan fingerprint density at radius 2 is 0.914 bits per heavy atom. The van der Waals surface area contributed by atoms with E-state index in [-0.39, 0.29) is 61.9 Å². The summed E-state index contributed by atoms with van der Waals surface area (Å²) in [6.07, 6.45) is 11.2. The molecule has 0 amide bonds. The predicted octanol–water partition coefficient (Wildman–Crippen LogP) is 7.22. The lowest BCUT2D eigenvalue weighted by Gasteiger charge is -2.08. The van der Waals surface area contributed by atoms with Gasteiger partial charge in [-0.05, 0) is 93.1 Å². The van der Waals surface area contributed by atoms with Gasteiger partial charge in [-0.25, -0.2) is 8.78 Å². The van der Waals surface area contributed by atoms with E-state index in [4.69, 9.17) is 45.3 Å². The molecule has 0 aliphatic heterocycles. The van der Waals surface area contributed by atoms with Crippen LogP contribution >= 0.6 is 0 Å². The first-order chi connectivity index (χ1) is 27.8. The third kappa shape index (κ3) is 23.4. The Labute approximate surface area is 342 Å². The van der Waals surface area contributed by atoms with Crippen molar-refractivity contribution in [2.75, 3.05) is 72.8 Å². The lowest BCUT2D eigenvalue weighted by atomic mass is 10.2. The van der Waals surface area contributed by atoms with Gasteiger partial charge in [-0.1, -0.05) is 54.2 Å². The molecule has 0 spiro atoms. The van der Waals surface area contributed by atoms with Crippen molar-refractivity contribution in [3.8, 4) is 36.2 Å². The largest absolute Gasteiger partial charge is 0.508 e. The molecule has 0 aliphatic rings. The van der Waals surface area contributed by atoms with E-state index < -0.39 is 26.9 Å². The van der Waals surface area contributed by atoms with E-state index in [1.165, 1.54) is 24.3 Å². The van der Waals surface area contributed by atoms with Crippen molar-refractivity contribution in [3.63, 3.8) is 0 Å². The van der Waals surface area contributed by atoms with Crippen molar-refractivity contribution in [1.82, 2.24) is 0 Å². The molecule has 316 valence electrons. The molecule has 0 aromatic heterocycles. The zero-order chi connectivity index (χ0) is 43.1. The highest BCUT2D eigenvalue weighted by Crippen LogP contribution is 2.15. The third-order valence-electron chi connectivity index (χ3n) is 6.89. The fourth-order valence-electron chi connectivity index (χ4n) is 3.93. The van der Waals surface area contributed by atoms with Crippen LogP contribution in [0.3, 0.4) is 0 Å². The van der Waals surface area contributed by atoms with Gasteiger partial charge < -0.3 is 24.1 Å². The van der Waals surface area contributed by atoms with Crippen molar-refractivity contribution < 1.29 is 58.0 Å². The van der Waals surface area contributed by atoms with Gasteiger partial charge in [0.05, 0.1) is 56.0 Å². The average molecular weight is 847 g/mol. The van der Waals surface area contributed by atoms with Crippen LogP contribution in [0.5, 0.6) is 11.5 Å². The molecular formula is C43H52F2O11S2. The van der Waals surface area contributed by atoms with Crippen molar-refractivity contribution in [1.29, 1.82) is 0 Å². The molecule has 0 unspecified atom stereocenters. The Morgan fingerprint density at radius 1 is 0.534 bits per heavy atom. The summed E-state index contributed by atoms with van der Waals surface area (Å²) in [5.74, 6) is 5.94. The van der Waals surface area contributed by atoms with Crippen molar-refractivity contribution in [2.24, 2.45) is 0 Å². The fraction of sp³-hybridized carbons (Fsp3) is 0.349. The minimum absolute atomic E-state index is 0.0149. The van der Waals surface area contributed by atoms with Crippen LogP contribution in [0.15, 0.2) is 107 Å². The molecule has 0 saturated carbocycles. The first-order valence-electron chi connectivity index (χ1n) is 18.0. The summed E-state index contributed by atoms with van der Waals surface area (Å²) in [7, 11) is -7.68. The molecule has 58 heavy (non-hydrogen) atoms.